The molecule has 4 nitrogen and oxygen atoms in total. The maximum atomic E-state index is 10.7. The molecule has 0 fully saturated rings. The molecule has 1 aromatic carbocycles. The van der Waals surface area contributed by atoms with E-state index >= 15 is 0 Å². The third-order valence-corrected chi connectivity index (χ3v) is 2.63. The standard InChI is InChI=1S/C15H15NO3/c1-2-9-19-13-6-3-11(4-7-13)14-8-5-12(10-16-14)15(17)18/h3-8,10H,2,9H2,1H3,(H,17,18). The Morgan fingerprint density at radius 1 is 1.21 bits per heavy atom. The fourth-order valence-corrected chi connectivity index (χ4v) is 1.63. The van der Waals surface area contributed by atoms with E-state index in [9.17, 15) is 4.79 Å². The van der Waals surface area contributed by atoms with Gasteiger partial charge in [-0.25, -0.2) is 4.79 Å². The number of benzene rings is 1. The number of carboxylic acid groups (broad SMARTS) is 1. The van der Waals surface area contributed by atoms with Gasteiger partial charge in [0.1, 0.15) is 5.75 Å². The van der Waals surface area contributed by atoms with Crippen LogP contribution in [0.3, 0.4) is 0 Å². The van der Waals surface area contributed by atoms with E-state index in [2.05, 4.69) is 11.9 Å². The highest BCUT2D eigenvalue weighted by Gasteiger charge is 2.04. The number of hydrogen-bond acceptors (Lipinski definition) is 3. The molecule has 0 aliphatic rings. The SMILES string of the molecule is CCCOc1ccc(-c2ccc(C(=O)O)cn2)cc1. The van der Waals surface area contributed by atoms with Crippen molar-refractivity contribution in [2.24, 2.45) is 0 Å². The van der Waals surface area contributed by atoms with E-state index in [0.29, 0.717) is 6.61 Å². The van der Waals surface area contributed by atoms with Gasteiger partial charge in [0.15, 0.2) is 0 Å². The Morgan fingerprint density at radius 2 is 1.95 bits per heavy atom. The van der Waals surface area contributed by atoms with Crippen LogP contribution in [0.15, 0.2) is 42.6 Å². The van der Waals surface area contributed by atoms with E-state index in [1.807, 2.05) is 24.3 Å². The molecule has 0 unspecified atom stereocenters. The van der Waals surface area contributed by atoms with E-state index in [1.54, 1.807) is 12.1 Å². The number of carbonyl (C=O) groups is 1. The number of nitrogens with zero attached hydrogens (tertiary/aromatic N) is 1. The van der Waals surface area contributed by atoms with Crippen LogP contribution in [-0.4, -0.2) is 22.7 Å². The van der Waals surface area contributed by atoms with Crippen molar-refractivity contribution >= 4 is 5.97 Å². The van der Waals surface area contributed by atoms with Crippen molar-refractivity contribution in [1.82, 2.24) is 4.98 Å². The number of hydrogen-bond donors (Lipinski definition) is 1. The first kappa shape index (κ1) is 13.1. The Balaban J connectivity index is 2.15. The van der Waals surface area contributed by atoms with Crippen molar-refractivity contribution in [3.8, 4) is 17.0 Å². The summed E-state index contributed by atoms with van der Waals surface area (Å²) in [5.74, 6) is -0.143. The van der Waals surface area contributed by atoms with Gasteiger partial charge in [0.2, 0.25) is 0 Å². The smallest absolute Gasteiger partial charge is 0.337 e. The Kier molecular flexibility index (Phi) is 4.13. The van der Waals surface area contributed by atoms with Crippen molar-refractivity contribution in [3.63, 3.8) is 0 Å². The summed E-state index contributed by atoms with van der Waals surface area (Å²) in [7, 11) is 0. The summed E-state index contributed by atoms with van der Waals surface area (Å²) >= 11 is 0. The van der Waals surface area contributed by atoms with Gasteiger partial charge in [0, 0.05) is 11.8 Å². The highest BCUT2D eigenvalue weighted by Crippen LogP contribution is 2.21. The van der Waals surface area contributed by atoms with Crippen molar-refractivity contribution in [2.45, 2.75) is 13.3 Å². The lowest BCUT2D eigenvalue weighted by molar-refractivity contribution is 0.0696. The van der Waals surface area contributed by atoms with Crippen LogP contribution < -0.4 is 4.74 Å². The quantitative estimate of drug-likeness (QED) is 0.893. The molecule has 19 heavy (non-hydrogen) atoms. The predicted octanol–water partition coefficient (Wildman–Crippen LogP) is 3.24. The molecule has 1 aromatic heterocycles. The normalized spacial score (nSPS) is 10.2. The minimum absolute atomic E-state index is 0.187. The van der Waals surface area contributed by atoms with Gasteiger partial charge in [-0.1, -0.05) is 6.92 Å². The number of rotatable bonds is 5. The van der Waals surface area contributed by atoms with Gasteiger partial charge in [0.05, 0.1) is 17.9 Å². The second kappa shape index (κ2) is 6.00. The molecular formula is C15H15NO3. The van der Waals surface area contributed by atoms with E-state index in [4.69, 9.17) is 9.84 Å². The molecular weight excluding hydrogens is 242 g/mol. The lowest BCUT2D eigenvalue weighted by atomic mass is 10.1. The molecule has 1 N–H and O–H groups in total. The van der Waals surface area contributed by atoms with Crippen molar-refractivity contribution in [2.75, 3.05) is 6.61 Å². The molecule has 2 rings (SSSR count). The summed E-state index contributed by atoms with van der Waals surface area (Å²) in [6, 6.07) is 10.8. The van der Waals surface area contributed by atoms with Crippen LogP contribution in [0, 0.1) is 0 Å². The fourth-order valence-electron chi connectivity index (χ4n) is 1.63. The first-order valence-electron chi connectivity index (χ1n) is 6.13. The van der Waals surface area contributed by atoms with Gasteiger partial charge >= 0.3 is 5.97 Å². The maximum Gasteiger partial charge on any atom is 0.337 e. The Hall–Kier alpha value is -2.36. The number of aromatic nitrogens is 1. The summed E-state index contributed by atoms with van der Waals surface area (Å²) in [4.78, 5) is 14.9. The second-order valence-corrected chi connectivity index (χ2v) is 4.11. The van der Waals surface area contributed by atoms with Gasteiger partial charge < -0.3 is 9.84 Å². The third-order valence-electron chi connectivity index (χ3n) is 2.63. The minimum Gasteiger partial charge on any atom is -0.494 e. The van der Waals surface area contributed by atoms with Crippen molar-refractivity contribution in [1.29, 1.82) is 0 Å². The lowest BCUT2D eigenvalue weighted by Gasteiger charge is -2.06. The summed E-state index contributed by atoms with van der Waals surface area (Å²) in [6.45, 7) is 2.76. The highest BCUT2D eigenvalue weighted by molar-refractivity contribution is 5.87. The maximum absolute atomic E-state index is 10.7. The first-order chi connectivity index (χ1) is 9.20. The zero-order chi connectivity index (χ0) is 13.7. The zero-order valence-electron chi connectivity index (χ0n) is 10.7. The van der Waals surface area contributed by atoms with Crippen molar-refractivity contribution < 1.29 is 14.6 Å². The van der Waals surface area contributed by atoms with Crippen LogP contribution in [0.1, 0.15) is 23.7 Å². The van der Waals surface area contributed by atoms with Crippen LogP contribution in [0.4, 0.5) is 0 Å². The molecule has 4 heteroatoms. The molecule has 0 atom stereocenters. The molecule has 0 amide bonds. The first-order valence-corrected chi connectivity index (χ1v) is 6.13. The molecule has 0 aliphatic heterocycles. The summed E-state index contributed by atoms with van der Waals surface area (Å²) < 4.78 is 5.50. The second-order valence-electron chi connectivity index (χ2n) is 4.11. The van der Waals surface area contributed by atoms with Gasteiger partial charge in [0.25, 0.3) is 0 Å². The van der Waals surface area contributed by atoms with E-state index in [1.165, 1.54) is 6.20 Å². The number of carboxylic acids is 1. The van der Waals surface area contributed by atoms with Crippen LogP contribution in [-0.2, 0) is 0 Å². The number of ether oxygens (including phenoxy) is 1. The number of pyridine rings is 1. The molecule has 98 valence electrons. The molecule has 0 aliphatic carbocycles. The molecule has 0 saturated heterocycles. The lowest BCUT2D eigenvalue weighted by Crippen LogP contribution is -1.97. The van der Waals surface area contributed by atoms with Crippen molar-refractivity contribution in [3.05, 3.63) is 48.2 Å². The van der Waals surface area contributed by atoms with Gasteiger partial charge in [-0.3, -0.25) is 4.98 Å². The topological polar surface area (TPSA) is 59.4 Å². The fraction of sp³-hybridized carbons (Fsp3) is 0.200. The monoisotopic (exact) mass is 257 g/mol. The molecule has 0 saturated carbocycles. The summed E-state index contributed by atoms with van der Waals surface area (Å²) in [5.41, 5.74) is 1.86. The minimum atomic E-state index is -0.970. The molecule has 1 heterocycles. The van der Waals surface area contributed by atoms with Gasteiger partial charge in [-0.05, 0) is 42.8 Å². The summed E-state index contributed by atoms with van der Waals surface area (Å²) in [5, 5.41) is 8.81. The van der Waals surface area contributed by atoms with Gasteiger partial charge in [-0.2, -0.15) is 0 Å². The molecule has 2 aromatic rings. The summed E-state index contributed by atoms with van der Waals surface area (Å²) in [6.07, 6.45) is 2.33. The van der Waals surface area contributed by atoms with Crippen LogP contribution in [0.25, 0.3) is 11.3 Å². The molecule has 0 bridgehead atoms. The Labute approximate surface area is 111 Å². The van der Waals surface area contributed by atoms with E-state index in [-0.39, 0.29) is 5.56 Å². The van der Waals surface area contributed by atoms with Crippen LogP contribution >= 0.6 is 0 Å². The average Bonchev–Trinajstić information content (AvgIpc) is 2.46. The van der Waals surface area contributed by atoms with Gasteiger partial charge in [-0.15, -0.1) is 0 Å². The van der Waals surface area contributed by atoms with E-state index in [0.717, 1.165) is 23.4 Å². The number of aromatic carboxylic acids is 1. The third kappa shape index (κ3) is 3.31. The Bertz CT molecular complexity index is 547. The largest absolute Gasteiger partial charge is 0.494 e. The predicted molar refractivity (Wildman–Crippen MR) is 72.4 cm³/mol. The van der Waals surface area contributed by atoms with E-state index < -0.39 is 5.97 Å². The average molecular weight is 257 g/mol. The molecule has 0 radical (unpaired) electrons. The van der Waals surface area contributed by atoms with Crippen LogP contribution in [0.2, 0.25) is 0 Å². The molecule has 0 spiro atoms. The zero-order valence-corrected chi connectivity index (χ0v) is 10.7. The van der Waals surface area contributed by atoms with Crippen LogP contribution in [0.5, 0.6) is 5.75 Å². The Morgan fingerprint density at radius 3 is 2.47 bits per heavy atom. The highest BCUT2D eigenvalue weighted by atomic mass is 16.5.